The van der Waals surface area contributed by atoms with Crippen LogP contribution in [0, 0.1) is 18.3 Å². The maximum absolute atomic E-state index is 9.73. The van der Waals surface area contributed by atoms with Gasteiger partial charge in [-0.25, -0.2) is 0 Å². The lowest BCUT2D eigenvalue weighted by molar-refractivity contribution is 0.0374. The highest BCUT2D eigenvalue weighted by Gasteiger charge is 2.12. The first-order chi connectivity index (χ1) is 18.7. The number of nitrogens with zero attached hydrogens (tertiary/aromatic N) is 4. The Bertz CT molecular complexity index is 1430. The van der Waals surface area contributed by atoms with E-state index in [2.05, 4.69) is 55.6 Å². The summed E-state index contributed by atoms with van der Waals surface area (Å²) in [6.45, 7) is 8.74. The second kappa shape index (κ2) is 12.5. The number of morpholine rings is 1. The van der Waals surface area contributed by atoms with Gasteiger partial charge in [-0.1, -0.05) is 6.07 Å². The number of hydrogen-bond donors (Lipinski definition) is 3. The number of hydrogen-bond acceptors (Lipinski definition) is 7. The zero-order valence-electron chi connectivity index (χ0n) is 21.7. The highest BCUT2D eigenvalue weighted by Crippen LogP contribution is 2.31. The molecule has 194 valence electrons. The Morgan fingerprint density at radius 1 is 1.11 bits per heavy atom. The largest absolute Gasteiger partial charge is 0.379 e. The fourth-order valence-corrected chi connectivity index (χ4v) is 4.68. The van der Waals surface area contributed by atoms with Gasteiger partial charge >= 0.3 is 0 Å². The molecule has 4 aromatic rings. The third-order valence-electron chi connectivity index (χ3n) is 6.90. The van der Waals surface area contributed by atoms with Crippen LogP contribution in [0.15, 0.2) is 55.1 Å². The maximum Gasteiger partial charge on any atom is 0.103 e. The van der Waals surface area contributed by atoms with Crippen LogP contribution in [0.4, 0.5) is 11.4 Å². The van der Waals surface area contributed by atoms with Crippen molar-refractivity contribution in [2.75, 3.05) is 44.7 Å². The summed E-state index contributed by atoms with van der Waals surface area (Å²) in [5, 5.41) is 17.9. The molecule has 0 saturated carbocycles. The summed E-state index contributed by atoms with van der Waals surface area (Å²) in [6.07, 6.45) is 12.2. The standard InChI is InChI=1S/C30H33N7O/c1-22-27-9-11-34-29(27)8-7-28(22)36-30-24(20-33-21-25(30)17-31)4-6-26-5-3-23(19-35-26)18-32-10-2-12-37-13-15-38-16-14-37/h3-9,11,19-21,32,34H,2,10,12-16,18H2,1H3,(H,33,36). The highest BCUT2D eigenvalue weighted by atomic mass is 16.5. The van der Waals surface area contributed by atoms with Crippen LogP contribution in [0.25, 0.3) is 23.1 Å². The molecule has 1 aromatic carbocycles. The van der Waals surface area contributed by atoms with Crippen molar-refractivity contribution < 1.29 is 4.74 Å². The van der Waals surface area contributed by atoms with Gasteiger partial charge in [-0.15, -0.1) is 0 Å². The van der Waals surface area contributed by atoms with Gasteiger partial charge in [0.05, 0.1) is 30.2 Å². The Morgan fingerprint density at radius 2 is 2.00 bits per heavy atom. The van der Waals surface area contributed by atoms with E-state index in [1.54, 1.807) is 12.4 Å². The Labute approximate surface area is 223 Å². The number of H-pyrrole nitrogens is 1. The van der Waals surface area contributed by atoms with Gasteiger partial charge in [0.2, 0.25) is 0 Å². The predicted octanol–water partition coefficient (Wildman–Crippen LogP) is 4.86. The van der Waals surface area contributed by atoms with E-state index in [-0.39, 0.29) is 0 Å². The van der Waals surface area contributed by atoms with E-state index in [0.717, 1.165) is 97.0 Å². The topological polar surface area (TPSA) is 102 Å². The number of anilines is 2. The molecule has 0 radical (unpaired) electrons. The van der Waals surface area contributed by atoms with Crippen LogP contribution < -0.4 is 10.6 Å². The molecule has 1 aliphatic heterocycles. The Balaban J connectivity index is 1.21. The van der Waals surface area contributed by atoms with E-state index in [9.17, 15) is 5.26 Å². The number of nitriles is 1. The molecule has 1 fully saturated rings. The molecule has 3 aromatic heterocycles. The summed E-state index contributed by atoms with van der Waals surface area (Å²) in [5.41, 5.74) is 7.20. The SMILES string of the molecule is Cc1c(Nc2c(C#N)cncc2C=Cc2ccc(CNCCCN3CCOCC3)cn2)ccc2[nH]ccc12. The molecule has 0 amide bonds. The van der Waals surface area contributed by atoms with Crippen molar-refractivity contribution >= 4 is 34.4 Å². The van der Waals surface area contributed by atoms with Gasteiger partial charge in [0.1, 0.15) is 6.07 Å². The number of aromatic nitrogens is 3. The average Bonchev–Trinajstić information content (AvgIpc) is 3.45. The Morgan fingerprint density at radius 3 is 2.82 bits per heavy atom. The zero-order valence-corrected chi connectivity index (χ0v) is 21.7. The lowest BCUT2D eigenvalue weighted by Crippen LogP contribution is -2.37. The van der Waals surface area contributed by atoms with E-state index in [1.807, 2.05) is 42.7 Å². The normalized spacial score (nSPS) is 14.2. The molecule has 38 heavy (non-hydrogen) atoms. The maximum atomic E-state index is 9.73. The van der Waals surface area contributed by atoms with Crippen molar-refractivity contribution in [3.63, 3.8) is 0 Å². The fraction of sp³-hybridized carbons (Fsp3) is 0.300. The molecule has 1 saturated heterocycles. The van der Waals surface area contributed by atoms with E-state index in [1.165, 1.54) is 0 Å². The molecule has 0 atom stereocenters. The lowest BCUT2D eigenvalue weighted by Gasteiger charge is -2.26. The number of rotatable bonds is 10. The number of pyridine rings is 2. The van der Waals surface area contributed by atoms with Crippen LogP contribution in [0.3, 0.4) is 0 Å². The number of nitrogens with one attached hydrogen (secondary N) is 3. The lowest BCUT2D eigenvalue weighted by atomic mass is 10.1. The second-order valence-corrected chi connectivity index (χ2v) is 9.47. The summed E-state index contributed by atoms with van der Waals surface area (Å²) in [6, 6.07) is 12.5. The quantitative estimate of drug-likeness (QED) is 0.263. The van der Waals surface area contributed by atoms with Crippen LogP contribution in [0.2, 0.25) is 0 Å². The summed E-state index contributed by atoms with van der Waals surface area (Å²) < 4.78 is 5.40. The zero-order chi connectivity index (χ0) is 26.2. The van der Waals surface area contributed by atoms with Gasteiger partial charge in [-0.2, -0.15) is 5.26 Å². The van der Waals surface area contributed by atoms with Gasteiger partial charge in [0.15, 0.2) is 0 Å². The highest BCUT2D eigenvalue weighted by molar-refractivity contribution is 5.90. The van der Waals surface area contributed by atoms with Crippen molar-refractivity contribution in [2.45, 2.75) is 19.9 Å². The van der Waals surface area contributed by atoms with Crippen molar-refractivity contribution in [2.24, 2.45) is 0 Å². The summed E-state index contributed by atoms with van der Waals surface area (Å²) >= 11 is 0. The van der Waals surface area contributed by atoms with Gasteiger partial charge < -0.3 is 20.4 Å². The first-order valence-electron chi connectivity index (χ1n) is 13.1. The molecule has 1 aliphatic rings. The van der Waals surface area contributed by atoms with Crippen molar-refractivity contribution in [3.05, 3.63) is 83.1 Å². The third kappa shape index (κ3) is 6.26. The minimum atomic E-state index is 0.490. The first kappa shape index (κ1) is 25.6. The Hall–Kier alpha value is -4.03. The number of aromatic amines is 1. The van der Waals surface area contributed by atoms with E-state index in [4.69, 9.17) is 4.74 Å². The smallest absolute Gasteiger partial charge is 0.103 e. The van der Waals surface area contributed by atoms with Gasteiger partial charge in [-0.3, -0.25) is 14.9 Å². The van der Waals surface area contributed by atoms with Gasteiger partial charge in [0, 0.05) is 66.6 Å². The van der Waals surface area contributed by atoms with Crippen LogP contribution in [0.1, 0.15) is 34.4 Å². The molecular formula is C30H33N7O. The molecule has 8 heteroatoms. The monoisotopic (exact) mass is 507 g/mol. The molecule has 0 bridgehead atoms. The summed E-state index contributed by atoms with van der Waals surface area (Å²) in [5.74, 6) is 0. The predicted molar refractivity (Wildman–Crippen MR) is 152 cm³/mol. The molecule has 4 heterocycles. The molecular weight excluding hydrogens is 474 g/mol. The van der Waals surface area contributed by atoms with E-state index in [0.29, 0.717) is 5.56 Å². The van der Waals surface area contributed by atoms with Crippen LogP contribution in [-0.4, -0.2) is 59.2 Å². The fourth-order valence-electron chi connectivity index (χ4n) is 4.68. The van der Waals surface area contributed by atoms with Gasteiger partial charge in [0.25, 0.3) is 0 Å². The first-order valence-corrected chi connectivity index (χ1v) is 13.1. The summed E-state index contributed by atoms with van der Waals surface area (Å²) in [7, 11) is 0. The molecule has 5 rings (SSSR count). The van der Waals surface area contributed by atoms with Crippen LogP contribution in [0.5, 0.6) is 0 Å². The third-order valence-corrected chi connectivity index (χ3v) is 6.90. The number of aryl methyl sites for hydroxylation is 1. The molecule has 0 spiro atoms. The van der Waals surface area contributed by atoms with Crippen molar-refractivity contribution in [3.8, 4) is 6.07 Å². The summed E-state index contributed by atoms with van der Waals surface area (Å²) in [4.78, 5) is 14.6. The molecule has 8 nitrogen and oxygen atoms in total. The van der Waals surface area contributed by atoms with Crippen LogP contribution >= 0.6 is 0 Å². The van der Waals surface area contributed by atoms with Crippen molar-refractivity contribution in [1.29, 1.82) is 5.26 Å². The van der Waals surface area contributed by atoms with Gasteiger partial charge in [-0.05, 0) is 74.0 Å². The van der Waals surface area contributed by atoms with E-state index < -0.39 is 0 Å². The van der Waals surface area contributed by atoms with E-state index >= 15 is 0 Å². The average molecular weight is 508 g/mol. The Kier molecular flexibility index (Phi) is 8.41. The minimum absolute atomic E-state index is 0.490. The molecule has 0 aliphatic carbocycles. The minimum Gasteiger partial charge on any atom is -0.379 e. The molecule has 3 N–H and O–H groups in total. The number of fused-ring (bicyclic) bond motifs is 1. The van der Waals surface area contributed by atoms with Crippen LogP contribution in [-0.2, 0) is 11.3 Å². The molecule has 0 unspecified atom stereocenters. The number of benzene rings is 1. The second-order valence-electron chi connectivity index (χ2n) is 9.47. The van der Waals surface area contributed by atoms with Crippen molar-refractivity contribution in [1.82, 2.24) is 25.2 Å². The number of ether oxygens (including phenoxy) is 1.